The molecule has 1 heterocycles. The first-order valence-electron chi connectivity index (χ1n) is 6.88. The number of carbonyl (C=O) groups excluding carboxylic acids is 1. The lowest BCUT2D eigenvalue weighted by Crippen LogP contribution is -2.28. The molecule has 0 aromatic heterocycles. The number of hydrogen-bond donors (Lipinski definition) is 2. The minimum atomic E-state index is -0.545. The van der Waals surface area contributed by atoms with Gasteiger partial charge in [0.15, 0.2) is 0 Å². The Morgan fingerprint density at radius 1 is 1.35 bits per heavy atom. The van der Waals surface area contributed by atoms with Gasteiger partial charge in [0.2, 0.25) is 5.91 Å². The van der Waals surface area contributed by atoms with Gasteiger partial charge in [0.25, 0.3) is 0 Å². The fourth-order valence-electron chi connectivity index (χ4n) is 2.56. The predicted octanol–water partition coefficient (Wildman–Crippen LogP) is 3.92. The minimum Gasteiger partial charge on any atom is -0.325 e. The summed E-state index contributed by atoms with van der Waals surface area (Å²) in [6, 6.07) is 1.82. The van der Waals surface area contributed by atoms with Crippen molar-refractivity contribution >= 4 is 23.2 Å². The summed E-state index contributed by atoms with van der Waals surface area (Å²) >= 11 is 6.49. The highest BCUT2D eigenvalue weighted by molar-refractivity contribution is 6.33. The number of rotatable bonds is 1. The van der Waals surface area contributed by atoms with Crippen LogP contribution in [0.2, 0.25) is 5.02 Å². The van der Waals surface area contributed by atoms with E-state index in [-0.39, 0.29) is 17.4 Å². The fourth-order valence-corrected chi connectivity index (χ4v) is 2.82. The highest BCUT2D eigenvalue weighted by atomic mass is 35.5. The zero-order chi connectivity index (χ0) is 15.5. The lowest BCUT2D eigenvalue weighted by atomic mass is 9.79. The monoisotopic (exact) mass is 294 g/mol. The molecule has 0 saturated carbocycles. The van der Waals surface area contributed by atoms with Gasteiger partial charge in [0, 0.05) is 11.7 Å². The summed E-state index contributed by atoms with van der Waals surface area (Å²) < 4.78 is 0. The fraction of sp³-hybridized carbons (Fsp3) is 0.562. The Hall–Kier alpha value is -1.06. The number of anilines is 1. The van der Waals surface area contributed by atoms with E-state index in [1.807, 2.05) is 26.8 Å². The highest BCUT2D eigenvalue weighted by Gasteiger charge is 2.41. The molecule has 1 aliphatic rings. The number of nitrogens with one attached hydrogen (secondary N) is 1. The lowest BCUT2D eigenvalue weighted by molar-refractivity contribution is -0.119. The summed E-state index contributed by atoms with van der Waals surface area (Å²) in [5.41, 5.74) is 9.38. The van der Waals surface area contributed by atoms with Gasteiger partial charge in [-0.2, -0.15) is 0 Å². The van der Waals surface area contributed by atoms with Crippen LogP contribution in [0.25, 0.3) is 0 Å². The second kappa shape index (κ2) is 4.47. The van der Waals surface area contributed by atoms with E-state index in [4.69, 9.17) is 17.3 Å². The van der Waals surface area contributed by atoms with Crippen LogP contribution in [-0.4, -0.2) is 5.91 Å². The van der Waals surface area contributed by atoms with Crippen LogP contribution in [0.5, 0.6) is 0 Å². The van der Waals surface area contributed by atoms with Gasteiger partial charge in [0.1, 0.15) is 0 Å². The first kappa shape index (κ1) is 15.3. The van der Waals surface area contributed by atoms with Gasteiger partial charge >= 0.3 is 0 Å². The van der Waals surface area contributed by atoms with Crippen LogP contribution in [0.15, 0.2) is 6.07 Å². The van der Waals surface area contributed by atoms with Crippen LogP contribution >= 0.6 is 11.6 Å². The van der Waals surface area contributed by atoms with E-state index in [0.29, 0.717) is 5.02 Å². The molecule has 1 amide bonds. The van der Waals surface area contributed by atoms with E-state index in [9.17, 15) is 4.79 Å². The second-order valence-electron chi connectivity index (χ2n) is 7.25. The van der Waals surface area contributed by atoms with Crippen LogP contribution in [0.3, 0.4) is 0 Å². The van der Waals surface area contributed by atoms with Crippen LogP contribution in [0, 0.1) is 12.3 Å². The minimum absolute atomic E-state index is 0.00754. The van der Waals surface area contributed by atoms with Gasteiger partial charge in [-0.05, 0) is 48.9 Å². The summed E-state index contributed by atoms with van der Waals surface area (Å²) in [7, 11) is 0. The van der Waals surface area contributed by atoms with Gasteiger partial charge in [-0.25, -0.2) is 0 Å². The van der Waals surface area contributed by atoms with Crippen molar-refractivity contribution in [3.05, 3.63) is 27.8 Å². The number of benzene rings is 1. The molecule has 110 valence electrons. The van der Waals surface area contributed by atoms with Gasteiger partial charge in [0.05, 0.1) is 10.4 Å². The summed E-state index contributed by atoms with van der Waals surface area (Å²) in [6.45, 7) is 12.0. The van der Waals surface area contributed by atoms with Crippen molar-refractivity contribution in [1.82, 2.24) is 0 Å². The van der Waals surface area contributed by atoms with E-state index in [1.165, 1.54) is 0 Å². The zero-order valence-corrected chi connectivity index (χ0v) is 13.8. The normalized spacial score (nSPS) is 18.7. The molecular weight excluding hydrogens is 272 g/mol. The van der Waals surface area contributed by atoms with Gasteiger partial charge in [-0.15, -0.1) is 0 Å². The van der Waals surface area contributed by atoms with Crippen molar-refractivity contribution in [3.63, 3.8) is 0 Å². The Morgan fingerprint density at radius 3 is 2.40 bits per heavy atom. The summed E-state index contributed by atoms with van der Waals surface area (Å²) in [5, 5.41) is 3.59. The van der Waals surface area contributed by atoms with E-state index in [0.717, 1.165) is 22.4 Å². The highest BCUT2D eigenvalue weighted by Crippen LogP contribution is 2.46. The molecule has 2 rings (SSSR count). The van der Waals surface area contributed by atoms with Crippen LogP contribution < -0.4 is 11.1 Å². The average molecular weight is 295 g/mol. The van der Waals surface area contributed by atoms with Gasteiger partial charge in [-0.3, -0.25) is 4.79 Å². The molecule has 1 atom stereocenters. The Balaban J connectivity index is 2.68. The third kappa shape index (κ3) is 2.13. The van der Waals surface area contributed by atoms with Crippen molar-refractivity contribution < 1.29 is 4.79 Å². The lowest BCUT2D eigenvalue weighted by Gasteiger charge is -2.30. The van der Waals surface area contributed by atoms with Crippen LogP contribution in [0.4, 0.5) is 5.69 Å². The summed E-state index contributed by atoms with van der Waals surface area (Å²) in [4.78, 5) is 12.1. The maximum absolute atomic E-state index is 12.1. The number of carbonyl (C=O) groups is 1. The molecule has 3 nitrogen and oxygen atoms in total. The number of fused-ring (bicyclic) bond motifs is 1. The largest absolute Gasteiger partial charge is 0.325 e. The number of halogens is 1. The maximum Gasteiger partial charge on any atom is 0.234 e. The quantitative estimate of drug-likeness (QED) is 0.824. The van der Waals surface area contributed by atoms with Gasteiger partial charge in [-0.1, -0.05) is 32.4 Å². The predicted molar refractivity (Wildman–Crippen MR) is 84.2 cm³/mol. The third-order valence-electron chi connectivity index (χ3n) is 4.27. The third-order valence-corrected chi connectivity index (χ3v) is 4.78. The number of amides is 1. The van der Waals surface area contributed by atoms with Crippen molar-refractivity contribution in [3.8, 4) is 0 Å². The molecule has 20 heavy (non-hydrogen) atoms. The summed E-state index contributed by atoms with van der Waals surface area (Å²) in [6.07, 6.45) is 0. The van der Waals surface area contributed by atoms with Gasteiger partial charge < -0.3 is 11.1 Å². The van der Waals surface area contributed by atoms with Crippen molar-refractivity contribution in [1.29, 1.82) is 0 Å². The molecule has 1 aromatic rings. The number of nitrogens with two attached hydrogens (primary N) is 1. The van der Waals surface area contributed by atoms with Crippen molar-refractivity contribution in [2.75, 3.05) is 5.32 Å². The van der Waals surface area contributed by atoms with E-state index in [1.54, 1.807) is 0 Å². The molecular formula is C16H23ClN2O. The molecule has 0 radical (unpaired) electrons. The summed E-state index contributed by atoms with van der Waals surface area (Å²) in [5.74, 6) is 0.00754. The Morgan fingerprint density at radius 2 is 1.90 bits per heavy atom. The second-order valence-corrected chi connectivity index (χ2v) is 7.63. The Bertz CT molecular complexity index is 585. The van der Waals surface area contributed by atoms with Crippen LogP contribution in [0.1, 0.15) is 57.4 Å². The van der Waals surface area contributed by atoms with Crippen molar-refractivity contribution in [2.45, 2.75) is 53.0 Å². The molecule has 1 aliphatic heterocycles. The van der Waals surface area contributed by atoms with Crippen molar-refractivity contribution in [2.24, 2.45) is 11.1 Å². The average Bonchev–Trinajstić information content (AvgIpc) is 2.54. The first-order chi connectivity index (χ1) is 8.98. The van der Waals surface area contributed by atoms with E-state index < -0.39 is 5.41 Å². The SMILES string of the molecule is Cc1c(Cl)c(C(N)C(C)(C)C)cc2c1NC(=O)C2(C)C. The molecule has 4 heteroatoms. The molecule has 1 unspecified atom stereocenters. The first-order valence-corrected chi connectivity index (χ1v) is 7.26. The topological polar surface area (TPSA) is 55.1 Å². The van der Waals surface area contributed by atoms with Crippen LogP contribution in [-0.2, 0) is 10.2 Å². The molecule has 0 saturated heterocycles. The molecule has 0 fully saturated rings. The van der Waals surface area contributed by atoms with E-state index in [2.05, 4.69) is 26.1 Å². The molecule has 0 bridgehead atoms. The Labute approximate surface area is 125 Å². The standard InChI is InChI=1S/C16H23ClN2O/c1-8-11(17)9(13(18)15(2,3)4)7-10-12(8)19-14(20)16(10,5)6/h7,13H,18H2,1-6H3,(H,19,20). The molecule has 0 aliphatic carbocycles. The smallest absolute Gasteiger partial charge is 0.234 e. The zero-order valence-electron chi connectivity index (χ0n) is 13.0. The Kier molecular flexibility index (Phi) is 3.43. The molecule has 3 N–H and O–H groups in total. The number of hydrogen-bond acceptors (Lipinski definition) is 2. The maximum atomic E-state index is 12.1. The van der Waals surface area contributed by atoms with E-state index >= 15 is 0 Å². The molecule has 1 aromatic carbocycles. The molecule has 0 spiro atoms.